The Hall–Kier alpha value is -2.37. The first-order valence-corrected chi connectivity index (χ1v) is 8.14. The average Bonchev–Trinajstić information content (AvgIpc) is 3.22. The van der Waals surface area contributed by atoms with E-state index in [1.807, 2.05) is 12.1 Å². The summed E-state index contributed by atoms with van der Waals surface area (Å²) in [6, 6.07) is 3.82. The molecule has 0 spiro atoms. The van der Waals surface area contributed by atoms with Gasteiger partial charge in [0, 0.05) is 6.04 Å². The van der Waals surface area contributed by atoms with Crippen LogP contribution in [0.5, 0.6) is 0 Å². The van der Waals surface area contributed by atoms with E-state index in [0.717, 1.165) is 24.2 Å². The van der Waals surface area contributed by atoms with Crippen LogP contribution in [0.1, 0.15) is 60.4 Å². The third-order valence-corrected chi connectivity index (χ3v) is 4.75. The van der Waals surface area contributed by atoms with Crippen LogP contribution in [0.3, 0.4) is 0 Å². The maximum atomic E-state index is 11.2. The normalized spacial score (nSPS) is 21.7. The molecule has 0 radical (unpaired) electrons. The molecule has 2 aromatic rings. The Bertz CT molecular complexity index is 775. The lowest BCUT2D eigenvalue weighted by atomic mass is 9.94. The van der Waals surface area contributed by atoms with Crippen LogP contribution < -0.4 is 0 Å². The van der Waals surface area contributed by atoms with E-state index in [1.165, 1.54) is 19.3 Å². The van der Waals surface area contributed by atoms with E-state index in [9.17, 15) is 4.79 Å². The van der Waals surface area contributed by atoms with Crippen LogP contribution in [0.25, 0.3) is 11.2 Å². The van der Waals surface area contributed by atoms with Gasteiger partial charge < -0.3 is 14.4 Å². The molecule has 23 heavy (non-hydrogen) atoms. The molecule has 0 saturated heterocycles. The number of hydrogen-bond donors (Lipinski definition) is 1. The summed E-state index contributed by atoms with van der Waals surface area (Å²) in [6.07, 6.45) is 9.73. The Morgan fingerprint density at radius 2 is 2.04 bits per heavy atom. The number of aromatic nitrogens is 3. The van der Waals surface area contributed by atoms with Gasteiger partial charge in [-0.15, -0.1) is 0 Å². The number of carboxylic acid groups (broad SMARTS) is 1. The predicted octanol–water partition coefficient (Wildman–Crippen LogP) is 3.26. The maximum Gasteiger partial charge on any atom is 0.354 e. The molecule has 2 aliphatic rings. The van der Waals surface area contributed by atoms with E-state index >= 15 is 0 Å². The summed E-state index contributed by atoms with van der Waals surface area (Å²) in [5.41, 5.74) is 1.48. The molecule has 1 aliphatic carbocycles. The van der Waals surface area contributed by atoms with Gasteiger partial charge >= 0.3 is 5.97 Å². The van der Waals surface area contributed by atoms with E-state index in [2.05, 4.69) is 14.5 Å². The second kappa shape index (κ2) is 5.68. The quantitative estimate of drug-likeness (QED) is 0.941. The van der Waals surface area contributed by atoms with E-state index in [0.29, 0.717) is 18.3 Å². The topological polar surface area (TPSA) is 77.2 Å². The van der Waals surface area contributed by atoms with E-state index in [1.54, 1.807) is 12.3 Å². The minimum atomic E-state index is -1.02. The zero-order chi connectivity index (χ0) is 15.8. The monoisotopic (exact) mass is 313 g/mol. The molecule has 1 saturated carbocycles. The molecule has 6 nitrogen and oxygen atoms in total. The SMILES string of the molecule is O=C(O)c1ccc2c(n1)nc(C1C=COC1)n2C1CCCCC1. The number of pyridine rings is 1. The molecule has 1 fully saturated rings. The van der Waals surface area contributed by atoms with Crippen LogP contribution in [0, 0.1) is 0 Å². The van der Waals surface area contributed by atoms with Crippen LogP contribution in [0.15, 0.2) is 24.5 Å². The highest BCUT2D eigenvalue weighted by Gasteiger charge is 2.27. The summed E-state index contributed by atoms with van der Waals surface area (Å²) in [5, 5.41) is 9.15. The zero-order valence-electron chi connectivity index (χ0n) is 12.8. The van der Waals surface area contributed by atoms with Crippen LogP contribution >= 0.6 is 0 Å². The third kappa shape index (κ3) is 2.48. The fourth-order valence-electron chi connectivity index (χ4n) is 3.63. The first-order chi connectivity index (χ1) is 11.2. The molecule has 1 unspecified atom stereocenters. The van der Waals surface area contributed by atoms with Gasteiger partial charge in [0.05, 0.1) is 17.7 Å². The Morgan fingerprint density at radius 3 is 2.74 bits per heavy atom. The molecule has 0 bridgehead atoms. The molecule has 2 aromatic heterocycles. The minimum Gasteiger partial charge on any atom is -0.500 e. The van der Waals surface area contributed by atoms with E-state index in [4.69, 9.17) is 9.84 Å². The fraction of sp³-hybridized carbons (Fsp3) is 0.471. The van der Waals surface area contributed by atoms with Gasteiger partial charge in [0.1, 0.15) is 12.4 Å². The Morgan fingerprint density at radius 1 is 1.22 bits per heavy atom. The van der Waals surface area contributed by atoms with Crippen LogP contribution in [0.2, 0.25) is 0 Å². The van der Waals surface area contributed by atoms with E-state index in [-0.39, 0.29) is 11.6 Å². The number of nitrogens with zero attached hydrogens (tertiary/aromatic N) is 3. The number of rotatable bonds is 3. The van der Waals surface area contributed by atoms with Gasteiger partial charge in [-0.1, -0.05) is 19.3 Å². The third-order valence-electron chi connectivity index (χ3n) is 4.75. The molecule has 1 atom stereocenters. The molecular formula is C17H19N3O3. The molecule has 6 heteroatoms. The number of hydrogen-bond acceptors (Lipinski definition) is 4. The molecule has 1 N–H and O–H groups in total. The lowest BCUT2D eigenvalue weighted by Gasteiger charge is -2.26. The molecule has 3 heterocycles. The number of ether oxygens (including phenoxy) is 1. The molecule has 120 valence electrons. The minimum absolute atomic E-state index is 0.0376. The largest absolute Gasteiger partial charge is 0.500 e. The number of imidazole rings is 1. The van der Waals surface area contributed by atoms with Crippen molar-refractivity contribution in [1.82, 2.24) is 14.5 Å². The van der Waals surface area contributed by atoms with Gasteiger partial charge in [-0.25, -0.2) is 14.8 Å². The summed E-state index contributed by atoms with van der Waals surface area (Å²) in [4.78, 5) is 20.1. The van der Waals surface area contributed by atoms with E-state index < -0.39 is 5.97 Å². The van der Waals surface area contributed by atoms with Crippen molar-refractivity contribution >= 4 is 17.1 Å². The van der Waals surface area contributed by atoms with Crippen molar-refractivity contribution in [3.63, 3.8) is 0 Å². The summed E-state index contributed by atoms with van der Waals surface area (Å²) >= 11 is 0. The fourth-order valence-corrected chi connectivity index (χ4v) is 3.63. The summed E-state index contributed by atoms with van der Waals surface area (Å²) < 4.78 is 7.64. The van der Waals surface area contributed by atoms with Gasteiger partial charge in [0.15, 0.2) is 11.3 Å². The number of carbonyl (C=O) groups is 1. The van der Waals surface area contributed by atoms with Crippen molar-refractivity contribution in [3.8, 4) is 0 Å². The lowest BCUT2D eigenvalue weighted by Crippen LogP contribution is -2.17. The first-order valence-electron chi connectivity index (χ1n) is 8.14. The molecule has 0 amide bonds. The number of fused-ring (bicyclic) bond motifs is 1. The van der Waals surface area contributed by atoms with Gasteiger partial charge in [-0.05, 0) is 31.1 Å². The highest BCUT2D eigenvalue weighted by molar-refractivity contribution is 5.88. The van der Waals surface area contributed by atoms with Gasteiger partial charge in [0.25, 0.3) is 0 Å². The van der Waals surface area contributed by atoms with Crippen LogP contribution in [0.4, 0.5) is 0 Å². The first kappa shape index (κ1) is 14.2. The van der Waals surface area contributed by atoms with Crippen LogP contribution in [-0.2, 0) is 4.74 Å². The summed E-state index contributed by atoms with van der Waals surface area (Å²) in [5.74, 6) is 0.0276. The molecule has 4 rings (SSSR count). The second-order valence-electron chi connectivity index (χ2n) is 6.24. The number of carboxylic acids is 1. The van der Waals surface area contributed by atoms with Gasteiger partial charge in [0.2, 0.25) is 0 Å². The van der Waals surface area contributed by atoms with Crippen molar-refractivity contribution in [2.45, 2.75) is 44.1 Å². The lowest BCUT2D eigenvalue weighted by molar-refractivity contribution is 0.0691. The van der Waals surface area contributed by atoms with Crippen molar-refractivity contribution in [2.75, 3.05) is 6.61 Å². The molecular weight excluding hydrogens is 294 g/mol. The summed E-state index contributed by atoms with van der Waals surface area (Å²) in [6.45, 7) is 0.585. The van der Waals surface area contributed by atoms with Gasteiger partial charge in [-0.2, -0.15) is 0 Å². The average molecular weight is 313 g/mol. The molecule has 0 aromatic carbocycles. The van der Waals surface area contributed by atoms with Crippen molar-refractivity contribution in [3.05, 3.63) is 36.0 Å². The highest BCUT2D eigenvalue weighted by Crippen LogP contribution is 2.35. The van der Waals surface area contributed by atoms with Crippen molar-refractivity contribution < 1.29 is 14.6 Å². The van der Waals surface area contributed by atoms with Crippen molar-refractivity contribution in [2.24, 2.45) is 0 Å². The number of aromatic carboxylic acids is 1. The Labute approximate surface area is 133 Å². The van der Waals surface area contributed by atoms with Crippen molar-refractivity contribution in [1.29, 1.82) is 0 Å². The zero-order valence-corrected chi connectivity index (χ0v) is 12.8. The predicted molar refractivity (Wildman–Crippen MR) is 84.4 cm³/mol. The Kier molecular flexibility index (Phi) is 3.52. The smallest absolute Gasteiger partial charge is 0.354 e. The standard InChI is InChI=1S/C17H19N3O3/c21-17(22)13-6-7-14-15(18-13)19-16(11-8-9-23-10-11)20(14)12-4-2-1-3-5-12/h6-9,11-12H,1-5,10H2,(H,21,22). The van der Waals surface area contributed by atoms with Crippen LogP contribution in [-0.4, -0.2) is 32.2 Å². The molecule has 1 aliphatic heterocycles. The summed E-state index contributed by atoms with van der Waals surface area (Å²) in [7, 11) is 0. The highest BCUT2D eigenvalue weighted by atomic mass is 16.5. The Balaban J connectivity index is 1.86. The van der Waals surface area contributed by atoms with Gasteiger partial charge in [-0.3, -0.25) is 0 Å². The second-order valence-corrected chi connectivity index (χ2v) is 6.24. The maximum absolute atomic E-state index is 11.2.